The van der Waals surface area contributed by atoms with Crippen LogP contribution in [0.3, 0.4) is 0 Å². The number of sulfonamides is 1. The Morgan fingerprint density at radius 1 is 0.967 bits per heavy atom. The first-order valence-electron chi connectivity index (χ1n) is 11.5. The smallest absolute Gasteiger partial charge is 0.243 e. The van der Waals surface area contributed by atoms with Crippen LogP contribution in [0.1, 0.15) is 44.1 Å². The summed E-state index contributed by atoms with van der Waals surface area (Å²) in [6.07, 6.45) is 7.72. The molecule has 5 aliphatic rings. The molecule has 0 aromatic heterocycles. The third kappa shape index (κ3) is 4.04. The van der Waals surface area contributed by atoms with Crippen molar-refractivity contribution in [1.29, 1.82) is 0 Å². The maximum Gasteiger partial charge on any atom is 0.243 e. The van der Waals surface area contributed by atoms with Gasteiger partial charge >= 0.3 is 0 Å². The van der Waals surface area contributed by atoms with Crippen molar-refractivity contribution in [1.82, 2.24) is 9.62 Å². The zero-order valence-electron chi connectivity index (χ0n) is 17.5. The highest BCUT2D eigenvalue weighted by atomic mass is 32.2. The minimum Gasteiger partial charge on any atom is -0.379 e. The predicted molar refractivity (Wildman–Crippen MR) is 113 cm³/mol. The number of aryl methyl sites for hydroxylation is 1. The first-order valence-corrected chi connectivity index (χ1v) is 12.9. The fraction of sp³-hybridized carbons (Fsp3) is 0.696. The van der Waals surface area contributed by atoms with Crippen molar-refractivity contribution < 1.29 is 17.9 Å². The molecule has 6 nitrogen and oxygen atoms in total. The first-order chi connectivity index (χ1) is 14.5. The summed E-state index contributed by atoms with van der Waals surface area (Å²) in [6.45, 7) is 1.68. The van der Waals surface area contributed by atoms with E-state index in [1.807, 2.05) is 12.1 Å². The number of morpholine rings is 1. The normalized spacial score (nSPS) is 33.5. The monoisotopic (exact) mass is 432 g/mol. The summed E-state index contributed by atoms with van der Waals surface area (Å²) in [5.74, 6) is 3.34. The van der Waals surface area contributed by atoms with E-state index in [1.165, 1.54) is 36.4 Å². The van der Waals surface area contributed by atoms with Crippen LogP contribution in [0.15, 0.2) is 29.2 Å². The average Bonchev–Trinajstić information content (AvgIpc) is 2.75. The van der Waals surface area contributed by atoms with E-state index < -0.39 is 10.0 Å². The fourth-order valence-corrected chi connectivity index (χ4v) is 7.85. The average molecular weight is 433 g/mol. The minimum absolute atomic E-state index is 0.137. The second-order valence-corrected chi connectivity index (χ2v) is 11.6. The third-order valence-electron chi connectivity index (χ3n) is 7.73. The van der Waals surface area contributed by atoms with Gasteiger partial charge in [-0.2, -0.15) is 4.31 Å². The number of hydrogen-bond donors (Lipinski definition) is 1. The zero-order valence-corrected chi connectivity index (χ0v) is 18.3. The van der Waals surface area contributed by atoms with Crippen LogP contribution in [0, 0.1) is 23.7 Å². The van der Waals surface area contributed by atoms with Crippen LogP contribution < -0.4 is 5.32 Å². The lowest BCUT2D eigenvalue weighted by Crippen LogP contribution is -2.55. The molecule has 1 aromatic carbocycles. The van der Waals surface area contributed by atoms with Crippen molar-refractivity contribution in [2.75, 3.05) is 26.3 Å². The van der Waals surface area contributed by atoms with E-state index >= 15 is 0 Å². The molecular weight excluding hydrogens is 400 g/mol. The summed E-state index contributed by atoms with van der Waals surface area (Å²) in [6, 6.07) is 7.38. The van der Waals surface area contributed by atoms with Crippen LogP contribution >= 0.6 is 0 Å². The summed E-state index contributed by atoms with van der Waals surface area (Å²) in [4.78, 5) is 12.9. The number of amides is 1. The van der Waals surface area contributed by atoms with Crippen molar-refractivity contribution in [3.05, 3.63) is 29.8 Å². The predicted octanol–water partition coefficient (Wildman–Crippen LogP) is 2.58. The highest BCUT2D eigenvalue weighted by Gasteiger charge is 2.48. The van der Waals surface area contributed by atoms with Crippen LogP contribution in [0.4, 0.5) is 0 Å². The van der Waals surface area contributed by atoms with Gasteiger partial charge in [0, 0.05) is 25.6 Å². The summed E-state index contributed by atoms with van der Waals surface area (Å²) >= 11 is 0. The molecule has 4 aliphatic carbocycles. The molecule has 4 saturated carbocycles. The van der Waals surface area contributed by atoms with Gasteiger partial charge in [-0.3, -0.25) is 4.79 Å². The summed E-state index contributed by atoms with van der Waals surface area (Å²) < 4.78 is 32.1. The van der Waals surface area contributed by atoms with Crippen molar-refractivity contribution in [3.63, 3.8) is 0 Å². The fourth-order valence-electron chi connectivity index (χ4n) is 6.44. The molecule has 0 atom stereocenters. The molecule has 1 aromatic rings. The number of carbonyl (C=O) groups excluding carboxylic acids is 1. The highest BCUT2D eigenvalue weighted by Crippen LogP contribution is 2.53. The number of nitrogens with zero attached hydrogens (tertiary/aromatic N) is 1. The molecule has 164 valence electrons. The molecule has 0 spiro atoms. The molecule has 4 bridgehead atoms. The second kappa shape index (κ2) is 8.24. The molecule has 1 aliphatic heterocycles. The van der Waals surface area contributed by atoms with Crippen LogP contribution in [0.2, 0.25) is 0 Å². The number of benzene rings is 1. The van der Waals surface area contributed by atoms with Crippen LogP contribution in [-0.2, 0) is 26.0 Å². The van der Waals surface area contributed by atoms with E-state index in [0.29, 0.717) is 61.9 Å². The van der Waals surface area contributed by atoms with Gasteiger partial charge in [0.2, 0.25) is 15.9 Å². The Hall–Kier alpha value is -1.44. The van der Waals surface area contributed by atoms with Crippen LogP contribution in [0.5, 0.6) is 0 Å². The lowest BCUT2D eigenvalue weighted by molar-refractivity contribution is -0.125. The third-order valence-corrected chi connectivity index (χ3v) is 9.64. The largest absolute Gasteiger partial charge is 0.379 e. The molecule has 1 N–H and O–H groups in total. The van der Waals surface area contributed by atoms with E-state index in [-0.39, 0.29) is 5.91 Å². The molecule has 0 radical (unpaired) electrons. The van der Waals surface area contributed by atoms with Crippen LogP contribution in [0.25, 0.3) is 0 Å². The molecular formula is C23H32N2O4S. The molecule has 1 saturated heterocycles. The second-order valence-electron chi connectivity index (χ2n) is 9.68. The van der Waals surface area contributed by atoms with Gasteiger partial charge < -0.3 is 10.1 Å². The Morgan fingerprint density at radius 3 is 2.17 bits per heavy atom. The van der Waals surface area contributed by atoms with E-state index in [9.17, 15) is 13.2 Å². The van der Waals surface area contributed by atoms with Gasteiger partial charge in [0.15, 0.2) is 0 Å². The SMILES string of the molecule is O=C(CCc1ccc(S(=O)(=O)N2CCOCC2)cc1)NC1C2CC3CC(C2)CC1C3. The lowest BCUT2D eigenvalue weighted by Gasteiger charge is -2.54. The van der Waals surface area contributed by atoms with E-state index in [0.717, 1.165) is 17.4 Å². The molecule has 7 heteroatoms. The number of hydrogen-bond acceptors (Lipinski definition) is 4. The Balaban J connectivity index is 1.14. The van der Waals surface area contributed by atoms with Gasteiger partial charge in [-0.25, -0.2) is 8.42 Å². The van der Waals surface area contributed by atoms with E-state index in [1.54, 1.807) is 12.1 Å². The van der Waals surface area contributed by atoms with Gasteiger partial charge in [-0.05, 0) is 79.9 Å². The zero-order chi connectivity index (χ0) is 20.7. The summed E-state index contributed by atoms with van der Waals surface area (Å²) in [7, 11) is -3.47. The Morgan fingerprint density at radius 2 is 1.57 bits per heavy atom. The van der Waals surface area contributed by atoms with Crippen molar-refractivity contribution in [2.24, 2.45) is 23.7 Å². The summed E-state index contributed by atoms with van der Waals surface area (Å²) in [5, 5.41) is 3.36. The van der Waals surface area contributed by atoms with Gasteiger partial charge in [0.05, 0.1) is 18.1 Å². The molecule has 5 fully saturated rings. The Labute approximate surface area is 179 Å². The molecule has 0 unspecified atom stereocenters. The van der Waals surface area contributed by atoms with E-state index in [4.69, 9.17) is 4.74 Å². The standard InChI is InChI=1S/C23H32N2O4S/c26-22(24-23-19-12-17-11-18(14-19)15-20(23)13-17)6-3-16-1-4-21(5-2-16)30(27,28)25-7-9-29-10-8-25/h1-2,4-5,17-20,23H,3,6-15H2,(H,24,26). The van der Waals surface area contributed by atoms with Crippen molar-refractivity contribution >= 4 is 15.9 Å². The molecule has 30 heavy (non-hydrogen) atoms. The van der Waals surface area contributed by atoms with Gasteiger partial charge in [0.1, 0.15) is 0 Å². The number of carbonyl (C=O) groups is 1. The van der Waals surface area contributed by atoms with E-state index in [2.05, 4.69) is 5.32 Å². The topological polar surface area (TPSA) is 75.7 Å². The van der Waals surface area contributed by atoms with Crippen molar-refractivity contribution in [3.8, 4) is 0 Å². The van der Waals surface area contributed by atoms with Crippen molar-refractivity contribution in [2.45, 2.75) is 55.9 Å². The maximum atomic E-state index is 12.7. The molecule has 1 heterocycles. The first kappa shape index (κ1) is 20.5. The minimum atomic E-state index is -3.47. The lowest BCUT2D eigenvalue weighted by atomic mass is 9.54. The maximum absolute atomic E-state index is 12.7. The van der Waals surface area contributed by atoms with Gasteiger partial charge in [-0.1, -0.05) is 12.1 Å². The molecule has 6 rings (SSSR count). The quantitative estimate of drug-likeness (QED) is 0.750. The number of nitrogens with one attached hydrogen (secondary N) is 1. The van der Waals surface area contributed by atoms with Gasteiger partial charge in [0.25, 0.3) is 0 Å². The highest BCUT2D eigenvalue weighted by molar-refractivity contribution is 7.89. The Bertz CT molecular complexity index is 849. The summed E-state index contributed by atoms with van der Waals surface area (Å²) in [5.41, 5.74) is 0.996. The molecule has 1 amide bonds. The van der Waals surface area contributed by atoms with Gasteiger partial charge in [-0.15, -0.1) is 0 Å². The van der Waals surface area contributed by atoms with Crippen LogP contribution in [-0.4, -0.2) is 51.0 Å². The number of rotatable bonds is 6. The Kier molecular flexibility index (Phi) is 5.62. The number of ether oxygens (including phenoxy) is 1.